The van der Waals surface area contributed by atoms with E-state index in [1.807, 2.05) is 12.1 Å². The van der Waals surface area contributed by atoms with Crippen LogP contribution < -0.4 is 10.9 Å². The predicted molar refractivity (Wildman–Crippen MR) is 94.1 cm³/mol. The molecule has 0 aliphatic heterocycles. The summed E-state index contributed by atoms with van der Waals surface area (Å²) < 4.78 is 5.82. The fourth-order valence-corrected chi connectivity index (χ4v) is 3.49. The lowest BCUT2D eigenvalue weighted by molar-refractivity contribution is 0.474. The van der Waals surface area contributed by atoms with E-state index >= 15 is 0 Å². The first kappa shape index (κ1) is 13.1. The number of phenolic OH excluding ortho intramolecular Hbond substituents is 1. The van der Waals surface area contributed by atoms with Gasteiger partial charge in [-0.15, -0.1) is 0 Å². The smallest absolute Gasteiger partial charge is 0.194 e. The van der Waals surface area contributed by atoms with Gasteiger partial charge in [0.1, 0.15) is 16.9 Å². The molecular weight excluding hydrogens is 304 g/mol. The van der Waals surface area contributed by atoms with Crippen LogP contribution in [0.2, 0.25) is 0 Å². The highest BCUT2D eigenvalue weighted by molar-refractivity contribution is 6.27. The van der Waals surface area contributed by atoms with Crippen LogP contribution in [-0.4, -0.2) is 5.11 Å². The minimum atomic E-state index is -0.278. The molecule has 0 amide bonds. The summed E-state index contributed by atoms with van der Waals surface area (Å²) in [7, 11) is 0. The molecule has 1 N–H and O–H groups in total. The minimum absolute atomic E-state index is 0.0801. The Morgan fingerprint density at radius 2 is 1.50 bits per heavy atom. The number of hydrogen-bond donors (Lipinski definition) is 1. The summed E-state index contributed by atoms with van der Waals surface area (Å²) in [4.78, 5) is 24.8. The second-order valence-electron chi connectivity index (χ2n) is 5.88. The third kappa shape index (κ3) is 1.57. The van der Waals surface area contributed by atoms with Crippen molar-refractivity contribution in [2.75, 3.05) is 0 Å². The Morgan fingerprint density at radius 3 is 2.33 bits per heavy atom. The standard InChI is InChI=1S/C20H10O4/c21-10-5-6-14-16(8-10)24-17-9-11(22)7-15-19(17)18(14)12-3-1-2-4-13(12)20(15)23/h1-9,21H. The van der Waals surface area contributed by atoms with Crippen molar-refractivity contribution in [3.63, 3.8) is 0 Å². The first-order chi connectivity index (χ1) is 11.6. The fraction of sp³-hybridized carbons (Fsp3) is 0. The maximum absolute atomic E-state index is 12.8. The van der Waals surface area contributed by atoms with Gasteiger partial charge in [-0.3, -0.25) is 9.59 Å². The molecule has 0 bridgehead atoms. The lowest BCUT2D eigenvalue weighted by atomic mass is 9.95. The number of rotatable bonds is 0. The lowest BCUT2D eigenvalue weighted by Crippen LogP contribution is -2.08. The Bertz CT molecular complexity index is 1400. The van der Waals surface area contributed by atoms with E-state index in [0.29, 0.717) is 27.3 Å². The van der Waals surface area contributed by atoms with Crippen LogP contribution in [-0.2, 0) is 0 Å². The molecular formula is C20H10O4. The zero-order valence-electron chi connectivity index (χ0n) is 12.4. The molecule has 4 heteroatoms. The average molecular weight is 314 g/mol. The molecule has 0 saturated heterocycles. The quantitative estimate of drug-likeness (QED) is 0.349. The molecule has 0 saturated carbocycles. The molecule has 0 aliphatic carbocycles. The monoisotopic (exact) mass is 314 g/mol. The number of hydrogen-bond acceptors (Lipinski definition) is 4. The summed E-state index contributed by atoms with van der Waals surface area (Å²) in [6.45, 7) is 0. The van der Waals surface area contributed by atoms with Gasteiger partial charge in [-0.2, -0.15) is 0 Å². The average Bonchev–Trinajstić information content (AvgIpc) is 2.57. The van der Waals surface area contributed by atoms with Gasteiger partial charge in [0.2, 0.25) is 0 Å². The van der Waals surface area contributed by atoms with E-state index in [2.05, 4.69) is 0 Å². The van der Waals surface area contributed by atoms with Gasteiger partial charge in [0.25, 0.3) is 0 Å². The first-order valence-corrected chi connectivity index (χ1v) is 7.51. The van der Waals surface area contributed by atoms with Crippen LogP contribution in [0.25, 0.3) is 43.5 Å². The van der Waals surface area contributed by atoms with E-state index < -0.39 is 0 Å². The summed E-state index contributed by atoms with van der Waals surface area (Å²) in [5.74, 6) is 0.0801. The second kappa shape index (κ2) is 4.32. The van der Waals surface area contributed by atoms with Gasteiger partial charge < -0.3 is 9.52 Å². The number of aromatic hydroxyl groups is 1. The van der Waals surface area contributed by atoms with E-state index in [0.717, 1.165) is 16.2 Å². The SMILES string of the molecule is O=c1cc2oc3cc(O)ccc3c3c4ccccc4c(=O)c(c1)c23. The van der Waals surface area contributed by atoms with Crippen molar-refractivity contribution in [1.29, 1.82) is 0 Å². The Balaban J connectivity index is 2.29. The van der Waals surface area contributed by atoms with Crippen LogP contribution in [0.15, 0.2) is 68.6 Å². The summed E-state index contributed by atoms with van der Waals surface area (Å²) in [5.41, 5.74) is 0.375. The maximum Gasteiger partial charge on any atom is 0.194 e. The molecule has 1 heterocycles. The molecule has 5 aromatic rings. The number of fused-ring (bicyclic) bond motifs is 4. The van der Waals surface area contributed by atoms with Crippen LogP contribution in [0, 0.1) is 0 Å². The van der Waals surface area contributed by atoms with Crippen molar-refractivity contribution in [3.05, 3.63) is 75.0 Å². The maximum atomic E-state index is 12.8. The lowest BCUT2D eigenvalue weighted by Gasteiger charge is -2.11. The molecule has 24 heavy (non-hydrogen) atoms. The van der Waals surface area contributed by atoms with Crippen LogP contribution in [0.5, 0.6) is 5.75 Å². The molecule has 5 rings (SSSR count). The van der Waals surface area contributed by atoms with Gasteiger partial charge in [-0.05, 0) is 23.6 Å². The largest absolute Gasteiger partial charge is 0.508 e. The molecule has 4 nitrogen and oxygen atoms in total. The van der Waals surface area contributed by atoms with Gasteiger partial charge in [-0.1, -0.05) is 24.3 Å². The van der Waals surface area contributed by atoms with Crippen LogP contribution in [0.3, 0.4) is 0 Å². The molecule has 0 aliphatic rings. The first-order valence-electron chi connectivity index (χ1n) is 7.51. The van der Waals surface area contributed by atoms with Crippen LogP contribution in [0.4, 0.5) is 0 Å². The zero-order chi connectivity index (χ0) is 16.4. The van der Waals surface area contributed by atoms with E-state index in [9.17, 15) is 14.7 Å². The minimum Gasteiger partial charge on any atom is -0.508 e. The van der Waals surface area contributed by atoms with Crippen molar-refractivity contribution < 1.29 is 9.52 Å². The highest BCUT2D eigenvalue weighted by atomic mass is 16.3. The fourth-order valence-electron chi connectivity index (χ4n) is 3.49. The molecule has 0 spiro atoms. The van der Waals surface area contributed by atoms with Crippen molar-refractivity contribution in [1.82, 2.24) is 0 Å². The van der Waals surface area contributed by atoms with Crippen molar-refractivity contribution >= 4 is 43.5 Å². The topological polar surface area (TPSA) is 67.5 Å². The normalized spacial score (nSPS) is 11.8. The molecule has 114 valence electrons. The third-order valence-corrected chi connectivity index (χ3v) is 4.47. The zero-order valence-corrected chi connectivity index (χ0v) is 12.4. The Labute approximate surface area is 134 Å². The Hall–Kier alpha value is -3.40. The molecule has 4 aromatic carbocycles. The molecule has 0 fully saturated rings. The Morgan fingerprint density at radius 1 is 0.708 bits per heavy atom. The van der Waals surface area contributed by atoms with Crippen molar-refractivity contribution in [2.45, 2.75) is 0 Å². The van der Waals surface area contributed by atoms with Gasteiger partial charge in [-0.25, -0.2) is 0 Å². The predicted octanol–water partition coefficient (Wildman–Crippen LogP) is 3.76. The molecule has 0 radical (unpaired) electrons. The molecule has 0 unspecified atom stereocenters. The number of phenols is 1. The van der Waals surface area contributed by atoms with Gasteiger partial charge in [0.05, 0.1) is 0 Å². The number of benzene rings is 4. The molecule has 0 atom stereocenters. The highest BCUT2D eigenvalue weighted by Crippen LogP contribution is 2.37. The third-order valence-electron chi connectivity index (χ3n) is 4.47. The van der Waals surface area contributed by atoms with Gasteiger partial charge in [0.15, 0.2) is 10.9 Å². The van der Waals surface area contributed by atoms with Gasteiger partial charge >= 0.3 is 0 Å². The second-order valence-corrected chi connectivity index (χ2v) is 5.88. The summed E-state index contributed by atoms with van der Waals surface area (Å²) in [6, 6.07) is 15.0. The molecule has 1 aromatic heterocycles. The summed E-state index contributed by atoms with van der Waals surface area (Å²) >= 11 is 0. The van der Waals surface area contributed by atoms with E-state index in [1.54, 1.807) is 24.3 Å². The van der Waals surface area contributed by atoms with E-state index in [1.165, 1.54) is 18.2 Å². The van der Waals surface area contributed by atoms with E-state index in [4.69, 9.17) is 4.42 Å². The summed E-state index contributed by atoms with van der Waals surface area (Å²) in [6.07, 6.45) is 0. The van der Waals surface area contributed by atoms with Crippen molar-refractivity contribution in [3.8, 4) is 5.75 Å². The van der Waals surface area contributed by atoms with Crippen LogP contribution >= 0.6 is 0 Å². The van der Waals surface area contributed by atoms with E-state index in [-0.39, 0.29) is 16.6 Å². The Kier molecular flexibility index (Phi) is 2.36. The van der Waals surface area contributed by atoms with Crippen molar-refractivity contribution in [2.24, 2.45) is 0 Å². The summed E-state index contributed by atoms with van der Waals surface area (Å²) in [5, 5.41) is 13.8. The van der Waals surface area contributed by atoms with Crippen LogP contribution in [0.1, 0.15) is 0 Å². The van der Waals surface area contributed by atoms with Gasteiger partial charge in [0, 0.05) is 39.1 Å². The highest BCUT2D eigenvalue weighted by Gasteiger charge is 2.17.